The van der Waals surface area contributed by atoms with E-state index >= 15 is 0 Å². The molecule has 0 saturated heterocycles. The Kier molecular flexibility index (Phi) is 3.77. The number of methoxy groups -OCH3 is 1. The van der Waals surface area contributed by atoms with Crippen LogP contribution in [0.1, 0.15) is 6.92 Å². The monoisotopic (exact) mass is 179 g/mol. The molecular formula is C11H17NO. The molecule has 0 N–H and O–H groups in total. The van der Waals surface area contributed by atoms with Crippen molar-refractivity contribution >= 4 is 5.69 Å². The van der Waals surface area contributed by atoms with Crippen LogP contribution < -0.4 is 4.90 Å². The number of hydrogen-bond donors (Lipinski definition) is 0. The summed E-state index contributed by atoms with van der Waals surface area (Å²) in [4.78, 5) is 2.19. The van der Waals surface area contributed by atoms with E-state index in [1.165, 1.54) is 5.69 Å². The minimum absolute atomic E-state index is 0.269. The molecule has 0 heterocycles. The Balaban J connectivity index is 2.53. The molecule has 0 fully saturated rings. The van der Waals surface area contributed by atoms with Crippen molar-refractivity contribution in [3.63, 3.8) is 0 Å². The second kappa shape index (κ2) is 4.87. The van der Waals surface area contributed by atoms with Gasteiger partial charge in [0.15, 0.2) is 0 Å². The maximum Gasteiger partial charge on any atom is 0.0717 e. The van der Waals surface area contributed by atoms with E-state index in [9.17, 15) is 0 Å². The van der Waals surface area contributed by atoms with Crippen molar-refractivity contribution in [2.24, 2.45) is 0 Å². The van der Waals surface area contributed by atoms with Crippen LogP contribution in [0.3, 0.4) is 0 Å². The highest BCUT2D eigenvalue weighted by Crippen LogP contribution is 2.11. The van der Waals surface area contributed by atoms with Gasteiger partial charge in [-0.1, -0.05) is 18.2 Å². The summed E-state index contributed by atoms with van der Waals surface area (Å²) in [6.45, 7) is 2.99. The number of benzene rings is 1. The summed E-state index contributed by atoms with van der Waals surface area (Å²) >= 11 is 0. The minimum Gasteiger partial charge on any atom is -0.380 e. The van der Waals surface area contributed by atoms with Gasteiger partial charge in [-0.2, -0.15) is 0 Å². The van der Waals surface area contributed by atoms with Gasteiger partial charge < -0.3 is 9.64 Å². The van der Waals surface area contributed by atoms with Gasteiger partial charge in [-0.05, 0) is 19.1 Å². The first-order chi connectivity index (χ1) is 6.24. The fourth-order valence-electron chi connectivity index (χ4n) is 1.25. The normalized spacial score (nSPS) is 12.5. The van der Waals surface area contributed by atoms with Crippen molar-refractivity contribution < 1.29 is 4.74 Å². The molecule has 0 aliphatic heterocycles. The van der Waals surface area contributed by atoms with Gasteiger partial charge in [-0.15, -0.1) is 0 Å². The third-order valence-corrected chi connectivity index (χ3v) is 2.13. The van der Waals surface area contributed by atoms with Crippen molar-refractivity contribution in [2.75, 3.05) is 25.6 Å². The Morgan fingerprint density at radius 1 is 1.31 bits per heavy atom. The first kappa shape index (κ1) is 10.1. The van der Waals surface area contributed by atoms with E-state index in [0.717, 1.165) is 6.54 Å². The molecule has 1 unspecified atom stereocenters. The molecule has 1 rings (SSSR count). The number of nitrogens with zero attached hydrogens (tertiary/aromatic N) is 1. The highest BCUT2D eigenvalue weighted by atomic mass is 16.5. The third-order valence-electron chi connectivity index (χ3n) is 2.13. The predicted octanol–water partition coefficient (Wildman–Crippen LogP) is 2.16. The number of anilines is 1. The lowest BCUT2D eigenvalue weighted by Gasteiger charge is -2.22. The SMILES string of the molecule is COC(C)CN(C)c1ccccc1. The van der Waals surface area contributed by atoms with Crippen LogP contribution in [0, 0.1) is 0 Å². The van der Waals surface area contributed by atoms with E-state index in [4.69, 9.17) is 4.74 Å². The van der Waals surface area contributed by atoms with Crippen LogP contribution in [-0.2, 0) is 4.74 Å². The van der Waals surface area contributed by atoms with Crippen molar-refractivity contribution in [3.05, 3.63) is 30.3 Å². The fourth-order valence-corrected chi connectivity index (χ4v) is 1.25. The molecule has 1 aromatic rings. The summed E-state index contributed by atoms with van der Waals surface area (Å²) in [6, 6.07) is 10.3. The molecule has 2 heteroatoms. The number of likely N-dealkylation sites (N-methyl/N-ethyl adjacent to an activating group) is 1. The smallest absolute Gasteiger partial charge is 0.0717 e. The van der Waals surface area contributed by atoms with Crippen molar-refractivity contribution in [3.8, 4) is 0 Å². The Hall–Kier alpha value is -1.02. The second-order valence-electron chi connectivity index (χ2n) is 3.26. The molecule has 2 nitrogen and oxygen atoms in total. The van der Waals surface area contributed by atoms with Crippen LogP contribution in [0.15, 0.2) is 30.3 Å². The average Bonchev–Trinajstić information content (AvgIpc) is 2.19. The standard InChI is InChI=1S/C11H17NO/c1-10(13-3)9-12(2)11-7-5-4-6-8-11/h4-8,10H,9H2,1-3H3. The Morgan fingerprint density at radius 2 is 1.92 bits per heavy atom. The number of ether oxygens (including phenoxy) is 1. The minimum atomic E-state index is 0.269. The van der Waals surface area contributed by atoms with Crippen molar-refractivity contribution in [2.45, 2.75) is 13.0 Å². The van der Waals surface area contributed by atoms with Crippen LogP contribution in [-0.4, -0.2) is 26.8 Å². The van der Waals surface area contributed by atoms with Gasteiger partial charge >= 0.3 is 0 Å². The van der Waals surface area contributed by atoms with Gasteiger partial charge in [0, 0.05) is 26.4 Å². The summed E-state index contributed by atoms with van der Waals surface area (Å²) in [5, 5.41) is 0. The van der Waals surface area contributed by atoms with Gasteiger partial charge in [0.25, 0.3) is 0 Å². The van der Waals surface area contributed by atoms with E-state index < -0.39 is 0 Å². The summed E-state index contributed by atoms with van der Waals surface area (Å²) in [5.74, 6) is 0. The van der Waals surface area contributed by atoms with Crippen LogP contribution in [0.4, 0.5) is 5.69 Å². The highest BCUT2D eigenvalue weighted by Gasteiger charge is 2.04. The van der Waals surface area contributed by atoms with E-state index in [0.29, 0.717) is 0 Å². The van der Waals surface area contributed by atoms with Crippen molar-refractivity contribution in [1.29, 1.82) is 0 Å². The molecular weight excluding hydrogens is 162 g/mol. The highest BCUT2D eigenvalue weighted by molar-refractivity contribution is 5.44. The molecule has 1 aromatic carbocycles. The molecule has 0 spiro atoms. The number of hydrogen-bond acceptors (Lipinski definition) is 2. The first-order valence-corrected chi connectivity index (χ1v) is 4.53. The lowest BCUT2D eigenvalue weighted by atomic mass is 10.3. The van der Waals surface area contributed by atoms with Gasteiger partial charge in [0.2, 0.25) is 0 Å². The summed E-state index contributed by atoms with van der Waals surface area (Å²) in [7, 11) is 3.81. The average molecular weight is 179 g/mol. The quantitative estimate of drug-likeness (QED) is 0.702. The third kappa shape index (κ3) is 3.07. The Morgan fingerprint density at radius 3 is 2.46 bits per heavy atom. The van der Waals surface area contributed by atoms with E-state index in [2.05, 4.69) is 31.0 Å². The molecule has 0 aliphatic carbocycles. The van der Waals surface area contributed by atoms with Gasteiger partial charge in [-0.25, -0.2) is 0 Å². The van der Waals surface area contributed by atoms with Crippen LogP contribution in [0.5, 0.6) is 0 Å². The molecule has 0 amide bonds. The maximum absolute atomic E-state index is 5.20. The van der Waals surface area contributed by atoms with E-state index in [1.54, 1.807) is 7.11 Å². The van der Waals surface area contributed by atoms with E-state index in [1.807, 2.05) is 18.2 Å². The van der Waals surface area contributed by atoms with Gasteiger partial charge in [0.05, 0.1) is 6.10 Å². The van der Waals surface area contributed by atoms with Gasteiger partial charge in [0.1, 0.15) is 0 Å². The lowest BCUT2D eigenvalue weighted by Crippen LogP contribution is -2.28. The molecule has 0 saturated carbocycles. The largest absolute Gasteiger partial charge is 0.380 e. The van der Waals surface area contributed by atoms with Gasteiger partial charge in [-0.3, -0.25) is 0 Å². The Labute approximate surface area is 80.1 Å². The summed E-state index contributed by atoms with van der Waals surface area (Å²) in [6.07, 6.45) is 0.269. The topological polar surface area (TPSA) is 12.5 Å². The summed E-state index contributed by atoms with van der Waals surface area (Å²) in [5.41, 5.74) is 1.23. The summed E-state index contributed by atoms with van der Waals surface area (Å²) < 4.78 is 5.20. The van der Waals surface area contributed by atoms with Crippen LogP contribution >= 0.6 is 0 Å². The Bertz CT molecular complexity index is 235. The zero-order valence-corrected chi connectivity index (χ0v) is 8.53. The predicted molar refractivity (Wildman–Crippen MR) is 56.2 cm³/mol. The van der Waals surface area contributed by atoms with E-state index in [-0.39, 0.29) is 6.10 Å². The zero-order valence-electron chi connectivity index (χ0n) is 8.53. The molecule has 13 heavy (non-hydrogen) atoms. The number of para-hydroxylation sites is 1. The lowest BCUT2D eigenvalue weighted by molar-refractivity contribution is 0.124. The molecule has 1 atom stereocenters. The second-order valence-corrected chi connectivity index (χ2v) is 3.26. The molecule has 72 valence electrons. The first-order valence-electron chi connectivity index (χ1n) is 4.53. The molecule has 0 radical (unpaired) electrons. The zero-order chi connectivity index (χ0) is 9.68. The van der Waals surface area contributed by atoms with Crippen LogP contribution in [0.2, 0.25) is 0 Å². The molecule has 0 bridgehead atoms. The van der Waals surface area contributed by atoms with Crippen LogP contribution in [0.25, 0.3) is 0 Å². The fraction of sp³-hybridized carbons (Fsp3) is 0.455. The van der Waals surface area contributed by atoms with Crippen molar-refractivity contribution in [1.82, 2.24) is 0 Å². The maximum atomic E-state index is 5.20. The number of rotatable bonds is 4. The molecule has 0 aromatic heterocycles. The molecule has 0 aliphatic rings.